The highest BCUT2D eigenvalue weighted by Gasteiger charge is 2.30. The van der Waals surface area contributed by atoms with Crippen molar-refractivity contribution in [1.29, 1.82) is 0 Å². The minimum Gasteiger partial charge on any atom is -0.456 e. The fraction of sp³-hybridized carbons (Fsp3) is 0.150. The smallest absolute Gasteiger partial charge is 0.161 e. The summed E-state index contributed by atoms with van der Waals surface area (Å²) in [6.07, 6.45) is 3.54. The number of benzene rings is 2. The van der Waals surface area contributed by atoms with Gasteiger partial charge in [-0.3, -0.25) is 4.98 Å². The highest BCUT2D eigenvalue weighted by Crippen LogP contribution is 2.46. The molecule has 0 bridgehead atoms. The first-order valence-electron chi connectivity index (χ1n) is 7.95. The van der Waals surface area contributed by atoms with Crippen molar-refractivity contribution < 1.29 is 17.9 Å². The summed E-state index contributed by atoms with van der Waals surface area (Å²) in [5, 5.41) is 0.322. The van der Waals surface area contributed by atoms with E-state index in [0.29, 0.717) is 22.2 Å². The molecule has 126 valence electrons. The largest absolute Gasteiger partial charge is 0.456 e. The van der Waals surface area contributed by atoms with Crippen LogP contribution in [-0.4, -0.2) is 4.98 Å². The van der Waals surface area contributed by atoms with Gasteiger partial charge in [-0.15, -0.1) is 0 Å². The molecular formula is C20H14F3NO. The number of rotatable bonds is 4. The molecule has 5 heteroatoms. The fourth-order valence-electron chi connectivity index (χ4n) is 2.89. The van der Waals surface area contributed by atoms with Crippen molar-refractivity contribution >= 4 is 17.0 Å². The number of pyridine rings is 1. The maximum atomic E-state index is 13.8. The Morgan fingerprint density at radius 2 is 1.84 bits per heavy atom. The molecule has 3 aromatic rings. The van der Waals surface area contributed by atoms with Crippen LogP contribution in [0.15, 0.2) is 43.0 Å². The molecule has 1 aliphatic carbocycles. The number of halogens is 3. The molecule has 0 aliphatic heterocycles. The van der Waals surface area contributed by atoms with Crippen molar-refractivity contribution in [3.63, 3.8) is 0 Å². The van der Waals surface area contributed by atoms with Gasteiger partial charge in [-0.2, -0.15) is 0 Å². The lowest BCUT2D eigenvalue weighted by molar-refractivity contribution is 0.478. The van der Waals surface area contributed by atoms with E-state index in [2.05, 4.69) is 11.6 Å². The van der Waals surface area contributed by atoms with E-state index in [0.717, 1.165) is 30.7 Å². The van der Waals surface area contributed by atoms with Gasteiger partial charge in [0.1, 0.15) is 17.3 Å². The minimum absolute atomic E-state index is 0.250. The third kappa shape index (κ3) is 2.86. The highest BCUT2D eigenvalue weighted by atomic mass is 19.2. The first-order chi connectivity index (χ1) is 12.1. The van der Waals surface area contributed by atoms with E-state index in [1.165, 1.54) is 18.2 Å². The number of hydrogen-bond acceptors (Lipinski definition) is 2. The molecule has 0 N–H and O–H groups in total. The van der Waals surface area contributed by atoms with E-state index in [-0.39, 0.29) is 11.7 Å². The van der Waals surface area contributed by atoms with Crippen molar-refractivity contribution in [1.82, 2.24) is 4.98 Å². The first-order valence-corrected chi connectivity index (χ1v) is 7.95. The van der Waals surface area contributed by atoms with Gasteiger partial charge in [0, 0.05) is 29.0 Å². The van der Waals surface area contributed by atoms with Gasteiger partial charge >= 0.3 is 0 Å². The summed E-state index contributed by atoms with van der Waals surface area (Å²) in [6.45, 7) is 3.81. The number of aromatic nitrogens is 1. The third-order valence-electron chi connectivity index (χ3n) is 4.23. The van der Waals surface area contributed by atoms with Crippen LogP contribution in [0, 0.1) is 17.5 Å². The summed E-state index contributed by atoms with van der Waals surface area (Å²) in [5.41, 5.74) is 1.68. The predicted molar refractivity (Wildman–Crippen MR) is 90.2 cm³/mol. The quantitative estimate of drug-likeness (QED) is 0.584. The SMILES string of the molecule is C=Cc1c(C2CC2)nc2cc(F)c(F)cc2c1Oc1cccc(F)c1. The second-order valence-corrected chi connectivity index (χ2v) is 6.06. The van der Waals surface area contributed by atoms with Gasteiger partial charge in [0.15, 0.2) is 11.6 Å². The summed E-state index contributed by atoms with van der Waals surface area (Å²) in [7, 11) is 0. The number of nitrogens with zero attached hydrogens (tertiary/aromatic N) is 1. The number of hydrogen-bond donors (Lipinski definition) is 0. The third-order valence-corrected chi connectivity index (χ3v) is 4.23. The highest BCUT2D eigenvalue weighted by molar-refractivity contribution is 5.90. The van der Waals surface area contributed by atoms with Crippen LogP contribution in [0.2, 0.25) is 0 Å². The first kappa shape index (κ1) is 15.7. The Labute approximate surface area is 142 Å². The second-order valence-electron chi connectivity index (χ2n) is 6.06. The zero-order valence-corrected chi connectivity index (χ0v) is 13.2. The van der Waals surface area contributed by atoms with Crippen LogP contribution < -0.4 is 4.74 Å². The lowest BCUT2D eigenvalue weighted by Crippen LogP contribution is -2.00. The van der Waals surface area contributed by atoms with Crippen molar-refractivity contribution in [3.05, 3.63) is 71.7 Å². The molecule has 2 aromatic carbocycles. The molecule has 0 radical (unpaired) electrons. The maximum absolute atomic E-state index is 13.8. The molecule has 1 saturated carbocycles. The summed E-state index contributed by atoms with van der Waals surface area (Å²) < 4.78 is 46.8. The molecule has 25 heavy (non-hydrogen) atoms. The molecule has 0 amide bonds. The van der Waals surface area contributed by atoms with Gasteiger partial charge in [0.2, 0.25) is 0 Å². The van der Waals surface area contributed by atoms with Crippen molar-refractivity contribution in [2.75, 3.05) is 0 Å². The van der Waals surface area contributed by atoms with Gasteiger partial charge < -0.3 is 4.74 Å². The Balaban J connectivity index is 1.98. The Hall–Kier alpha value is -2.82. The Morgan fingerprint density at radius 3 is 2.52 bits per heavy atom. The van der Waals surface area contributed by atoms with Crippen LogP contribution in [0.1, 0.15) is 30.0 Å². The van der Waals surface area contributed by atoms with E-state index in [1.54, 1.807) is 12.1 Å². The van der Waals surface area contributed by atoms with Gasteiger partial charge in [-0.05, 0) is 31.0 Å². The molecular weight excluding hydrogens is 327 g/mol. The Kier molecular flexibility index (Phi) is 3.71. The molecule has 4 rings (SSSR count). The van der Waals surface area contributed by atoms with Crippen LogP contribution >= 0.6 is 0 Å². The zero-order valence-electron chi connectivity index (χ0n) is 13.2. The lowest BCUT2D eigenvalue weighted by atomic mass is 10.0. The molecule has 1 heterocycles. The monoisotopic (exact) mass is 341 g/mol. The molecule has 0 saturated heterocycles. The van der Waals surface area contributed by atoms with E-state index >= 15 is 0 Å². The Bertz CT molecular complexity index is 996. The molecule has 1 aromatic heterocycles. The van der Waals surface area contributed by atoms with Gasteiger partial charge in [0.25, 0.3) is 0 Å². The average molecular weight is 341 g/mol. The second kappa shape index (κ2) is 5.92. The number of ether oxygens (including phenoxy) is 1. The van der Waals surface area contributed by atoms with Gasteiger partial charge in [-0.1, -0.05) is 18.7 Å². The molecule has 0 spiro atoms. The molecule has 2 nitrogen and oxygen atoms in total. The standard InChI is InChI=1S/C20H14F3NO/c1-2-14-19(11-6-7-11)24-18-10-17(23)16(22)9-15(18)20(14)25-13-5-3-4-12(21)8-13/h2-5,8-11H,1,6-7H2. The fourth-order valence-corrected chi connectivity index (χ4v) is 2.89. The summed E-state index contributed by atoms with van der Waals surface area (Å²) in [5.74, 6) is -1.58. The van der Waals surface area contributed by atoms with Crippen LogP contribution in [-0.2, 0) is 0 Å². The molecule has 0 unspecified atom stereocenters. The van der Waals surface area contributed by atoms with Crippen molar-refractivity contribution in [2.45, 2.75) is 18.8 Å². The maximum Gasteiger partial charge on any atom is 0.161 e. The summed E-state index contributed by atoms with van der Waals surface area (Å²) in [6, 6.07) is 7.76. The zero-order chi connectivity index (χ0) is 17.6. The molecule has 0 atom stereocenters. The topological polar surface area (TPSA) is 22.1 Å². The van der Waals surface area contributed by atoms with Crippen molar-refractivity contribution in [2.24, 2.45) is 0 Å². The Morgan fingerprint density at radius 1 is 1.08 bits per heavy atom. The van der Waals surface area contributed by atoms with Crippen molar-refractivity contribution in [3.8, 4) is 11.5 Å². The van der Waals surface area contributed by atoms with E-state index in [9.17, 15) is 13.2 Å². The van der Waals surface area contributed by atoms with Crippen LogP contribution in [0.5, 0.6) is 11.5 Å². The van der Waals surface area contributed by atoms with E-state index in [4.69, 9.17) is 4.74 Å². The van der Waals surface area contributed by atoms with Gasteiger partial charge in [-0.25, -0.2) is 13.2 Å². The lowest BCUT2D eigenvalue weighted by Gasteiger charge is -2.16. The normalized spacial score (nSPS) is 13.9. The summed E-state index contributed by atoms with van der Waals surface area (Å²) >= 11 is 0. The van der Waals surface area contributed by atoms with Crippen LogP contribution in [0.25, 0.3) is 17.0 Å². The average Bonchev–Trinajstić information content (AvgIpc) is 3.41. The van der Waals surface area contributed by atoms with E-state index in [1.807, 2.05) is 0 Å². The molecule has 1 aliphatic rings. The minimum atomic E-state index is -0.993. The van der Waals surface area contributed by atoms with Crippen LogP contribution in [0.3, 0.4) is 0 Å². The summed E-state index contributed by atoms with van der Waals surface area (Å²) in [4.78, 5) is 4.50. The number of fused-ring (bicyclic) bond motifs is 1. The predicted octanol–water partition coefficient (Wildman–Crippen LogP) is 5.96. The van der Waals surface area contributed by atoms with E-state index < -0.39 is 17.5 Å². The molecule has 1 fully saturated rings. The van der Waals surface area contributed by atoms with Crippen LogP contribution in [0.4, 0.5) is 13.2 Å². The van der Waals surface area contributed by atoms with Gasteiger partial charge in [0.05, 0.1) is 11.2 Å².